The van der Waals surface area contributed by atoms with Gasteiger partial charge in [0.2, 0.25) is 0 Å². The highest BCUT2D eigenvalue weighted by Crippen LogP contribution is 2.47. The second kappa shape index (κ2) is 5.26. The van der Waals surface area contributed by atoms with E-state index in [-0.39, 0.29) is 53.4 Å². The Morgan fingerprint density at radius 2 is 1.00 bits per heavy atom. The molecule has 2 aromatic carbocycles. The van der Waals surface area contributed by atoms with E-state index < -0.39 is 0 Å². The van der Waals surface area contributed by atoms with E-state index in [9.17, 15) is 0 Å². The van der Waals surface area contributed by atoms with Crippen LogP contribution in [0.1, 0.15) is 25.0 Å². The average Bonchev–Trinajstić information content (AvgIpc) is 2.51. The van der Waals surface area contributed by atoms with Crippen LogP contribution in [0.15, 0.2) is 48.5 Å². The van der Waals surface area contributed by atoms with Crippen molar-refractivity contribution in [3.63, 3.8) is 0 Å². The zero-order valence-electron chi connectivity index (χ0n) is 9.94. The summed E-state index contributed by atoms with van der Waals surface area (Å²) in [5.74, 6) is 0. The molecule has 0 unspecified atom stereocenters. The van der Waals surface area contributed by atoms with Gasteiger partial charge in [-0.1, -0.05) is 62.4 Å². The van der Waals surface area contributed by atoms with Crippen molar-refractivity contribution in [1.29, 1.82) is 0 Å². The van der Waals surface area contributed by atoms with Gasteiger partial charge in [0, 0.05) is 5.41 Å². The molecule has 0 N–H and O–H groups in total. The minimum absolute atomic E-state index is 0. The standard InChI is InChI=1S/C15H14.2HI/c1-15(2)13-9-5-3-7-11(13)12-8-4-6-10-14(12)15;;/h3-10H,1-2H3;2*1H. The molecule has 17 heavy (non-hydrogen) atoms. The third kappa shape index (κ3) is 2.14. The molecular weight excluding hydrogens is 434 g/mol. The molecule has 0 fully saturated rings. The summed E-state index contributed by atoms with van der Waals surface area (Å²) >= 11 is 0. The molecule has 3 rings (SSSR count). The molecule has 0 spiro atoms. The lowest BCUT2D eigenvalue weighted by Crippen LogP contribution is -2.14. The van der Waals surface area contributed by atoms with E-state index in [1.54, 1.807) is 0 Å². The largest absolute Gasteiger partial charge is 0.107 e. The molecule has 0 aromatic heterocycles. The SMILES string of the molecule is CC1(C)c2ccccc2-c2ccccc21.I.I. The highest BCUT2D eigenvalue weighted by Gasteiger charge is 2.34. The lowest BCUT2D eigenvalue weighted by Gasteiger charge is -2.20. The van der Waals surface area contributed by atoms with Gasteiger partial charge in [0.15, 0.2) is 0 Å². The van der Waals surface area contributed by atoms with E-state index in [0.29, 0.717) is 0 Å². The van der Waals surface area contributed by atoms with Gasteiger partial charge < -0.3 is 0 Å². The monoisotopic (exact) mass is 450 g/mol. The van der Waals surface area contributed by atoms with E-state index in [0.717, 1.165) is 0 Å². The van der Waals surface area contributed by atoms with Crippen molar-refractivity contribution in [3.05, 3.63) is 59.7 Å². The summed E-state index contributed by atoms with van der Waals surface area (Å²) < 4.78 is 0. The summed E-state index contributed by atoms with van der Waals surface area (Å²) in [7, 11) is 0. The molecule has 0 aliphatic heterocycles. The van der Waals surface area contributed by atoms with Gasteiger partial charge in [-0.3, -0.25) is 0 Å². The molecule has 0 saturated carbocycles. The van der Waals surface area contributed by atoms with E-state index in [1.807, 2.05) is 0 Å². The van der Waals surface area contributed by atoms with Gasteiger partial charge in [0.05, 0.1) is 0 Å². The first-order valence-corrected chi connectivity index (χ1v) is 5.40. The fraction of sp³-hybridized carbons (Fsp3) is 0.200. The highest BCUT2D eigenvalue weighted by molar-refractivity contribution is 14.0. The van der Waals surface area contributed by atoms with Crippen LogP contribution in [0.2, 0.25) is 0 Å². The van der Waals surface area contributed by atoms with Gasteiger partial charge in [-0.2, -0.15) is 0 Å². The van der Waals surface area contributed by atoms with Crippen LogP contribution in [0.4, 0.5) is 0 Å². The van der Waals surface area contributed by atoms with Gasteiger partial charge in [-0.15, -0.1) is 48.0 Å². The van der Waals surface area contributed by atoms with Crippen LogP contribution in [0.5, 0.6) is 0 Å². The molecule has 2 heteroatoms. The molecule has 0 amide bonds. The molecule has 2 aromatic rings. The Balaban J connectivity index is 0.000000722. The lowest BCUT2D eigenvalue weighted by molar-refractivity contribution is 0.660. The van der Waals surface area contributed by atoms with Crippen molar-refractivity contribution in [2.45, 2.75) is 19.3 Å². The number of hydrogen-bond donors (Lipinski definition) is 0. The molecule has 0 atom stereocenters. The molecule has 1 aliphatic rings. The number of halogens is 2. The van der Waals surface area contributed by atoms with Gasteiger partial charge in [-0.25, -0.2) is 0 Å². The Morgan fingerprint density at radius 1 is 0.647 bits per heavy atom. The Bertz CT molecular complexity index is 482. The van der Waals surface area contributed by atoms with Gasteiger partial charge in [0.25, 0.3) is 0 Å². The van der Waals surface area contributed by atoms with Crippen LogP contribution in [-0.2, 0) is 5.41 Å². The van der Waals surface area contributed by atoms with Crippen LogP contribution < -0.4 is 0 Å². The number of hydrogen-bond acceptors (Lipinski definition) is 0. The second-order valence-electron chi connectivity index (χ2n) is 4.72. The molecular formula is C15H16I2. The van der Waals surface area contributed by atoms with Crippen LogP contribution >= 0.6 is 48.0 Å². The summed E-state index contributed by atoms with van der Waals surface area (Å²) in [6, 6.07) is 17.4. The second-order valence-corrected chi connectivity index (χ2v) is 4.72. The molecule has 90 valence electrons. The third-order valence-electron chi connectivity index (χ3n) is 3.49. The average molecular weight is 450 g/mol. The maximum atomic E-state index is 2.30. The van der Waals surface area contributed by atoms with Crippen molar-refractivity contribution >= 4 is 48.0 Å². The zero-order valence-corrected chi connectivity index (χ0v) is 14.6. The summed E-state index contributed by atoms with van der Waals surface area (Å²) in [6.45, 7) is 4.61. The van der Waals surface area contributed by atoms with Crippen molar-refractivity contribution < 1.29 is 0 Å². The first kappa shape index (κ1) is 15.0. The van der Waals surface area contributed by atoms with E-state index in [4.69, 9.17) is 0 Å². The maximum Gasteiger partial charge on any atom is 0.0158 e. The number of fused-ring (bicyclic) bond motifs is 3. The van der Waals surface area contributed by atoms with Crippen molar-refractivity contribution in [2.75, 3.05) is 0 Å². The maximum absolute atomic E-state index is 2.30. The van der Waals surface area contributed by atoms with Crippen LogP contribution in [-0.4, -0.2) is 0 Å². The number of benzene rings is 2. The molecule has 0 saturated heterocycles. The predicted molar refractivity (Wildman–Crippen MR) is 94.8 cm³/mol. The molecule has 0 heterocycles. The first-order chi connectivity index (χ1) is 7.21. The van der Waals surface area contributed by atoms with Gasteiger partial charge in [-0.05, 0) is 22.3 Å². The molecule has 1 aliphatic carbocycles. The van der Waals surface area contributed by atoms with Crippen molar-refractivity contribution in [2.24, 2.45) is 0 Å². The minimum Gasteiger partial charge on any atom is -0.107 e. The topological polar surface area (TPSA) is 0 Å². The lowest BCUT2D eigenvalue weighted by atomic mass is 9.82. The van der Waals surface area contributed by atoms with Crippen LogP contribution in [0, 0.1) is 0 Å². The summed E-state index contributed by atoms with van der Waals surface area (Å²) in [6.07, 6.45) is 0. The first-order valence-electron chi connectivity index (χ1n) is 5.40. The van der Waals surface area contributed by atoms with Gasteiger partial charge in [0.1, 0.15) is 0 Å². The fourth-order valence-corrected chi connectivity index (χ4v) is 2.67. The van der Waals surface area contributed by atoms with Gasteiger partial charge >= 0.3 is 0 Å². The summed E-state index contributed by atoms with van der Waals surface area (Å²) in [5, 5.41) is 0. The van der Waals surface area contributed by atoms with Crippen molar-refractivity contribution in [1.82, 2.24) is 0 Å². The normalized spacial score (nSPS) is 14.0. The Hall–Kier alpha value is -0.1000. The van der Waals surface area contributed by atoms with E-state index >= 15 is 0 Å². The van der Waals surface area contributed by atoms with Crippen molar-refractivity contribution in [3.8, 4) is 11.1 Å². The molecule has 0 nitrogen and oxygen atoms in total. The van der Waals surface area contributed by atoms with Crippen LogP contribution in [0.3, 0.4) is 0 Å². The predicted octanol–water partition coefficient (Wildman–Crippen LogP) is 5.23. The highest BCUT2D eigenvalue weighted by atomic mass is 127. The molecule has 0 radical (unpaired) electrons. The van der Waals surface area contributed by atoms with E-state index in [2.05, 4.69) is 62.4 Å². The third-order valence-corrected chi connectivity index (χ3v) is 3.49. The Labute approximate surface area is 137 Å². The summed E-state index contributed by atoms with van der Waals surface area (Å²) in [4.78, 5) is 0. The fourth-order valence-electron chi connectivity index (χ4n) is 2.67. The van der Waals surface area contributed by atoms with E-state index in [1.165, 1.54) is 22.3 Å². The zero-order chi connectivity index (χ0) is 10.5. The molecule has 0 bridgehead atoms. The Morgan fingerprint density at radius 3 is 1.41 bits per heavy atom. The quantitative estimate of drug-likeness (QED) is 0.483. The minimum atomic E-state index is 0. The smallest absolute Gasteiger partial charge is 0.0158 e. The van der Waals surface area contributed by atoms with Crippen LogP contribution in [0.25, 0.3) is 11.1 Å². The summed E-state index contributed by atoms with van der Waals surface area (Å²) in [5.41, 5.74) is 5.86. The number of rotatable bonds is 0. The Kier molecular flexibility index (Phi) is 4.63.